The van der Waals surface area contributed by atoms with Gasteiger partial charge in [0, 0.05) is 22.3 Å². The number of carboxylic acids is 1. The van der Waals surface area contributed by atoms with Crippen LogP contribution in [0.3, 0.4) is 0 Å². The normalized spacial score (nSPS) is 10.8. The minimum atomic E-state index is -1.14. The Labute approximate surface area is 220 Å². The van der Waals surface area contributed by atoms with Crippen LogP contribution in [0.1, 0.15) is 28.4 Å². The van der Waals surface area contributed by atoms with Crippen molar-refractivity contribution in [2.24, 2.45) is 0 Å². The maximum absolute atomic E-state index is 12.7. The van der Waals surface area contributed by atoms with E-state index in [9.17, 15) is 25.0 Å². The van der Waals surface area contributed by atoms with Crippen molar-refractivity contribution in [3.63, 3.8) is 0 Å². The van der Waals surface area contributed by atoms with Crippen molar-refractivity contribution in [1.29, 1.82) is 5.26 Å². The number of nitriles is 1. The van der Waals surface area contributed by atoms with Gasteiger partial charge in [-0.1, -0.05) is 22.0 Å². The van der Waals surface area contributed by atoms with Gasteiger partial charge in [0.05, 0.1) is 17.1 Å². The van der Waals surface area contributed by atoms with Gasteiger partial charge in [-0.25, -0.2) is 4.79 Å². The summed E-state index contributed by atoms with van der Waals surface area (Å²) in [6.45, 7) is 2.24. The number of non-ortho nitro benzene ring substituents is 1. The molecule has 0 heterocycles. The van der Waals surface area contributed by atoms with Crippen LogP contribution < -0.4 is 14.8 Å². The summed E-state index contributed by atoms with van der Waals surface area (Å²) in [6, 6.07) is 16.7. The SMILES string of the molecule is CCOc1cc(/C=C(/C#N)C(=O)Nc2cccc(C(=O)O)c2)c(Br)cc1OCc1ccc([N+](=O)[O-])cc1. The zero-order valence-corrected chi connectivity index (χ0v) is 21.0. The Balaban J connectivity index is 1.82. The number of hydrogen-bond donors (Lipinski definition) is 2. The molecule has 0 aromatic heterocycles. The second-order valence-corrected chi connectivity index (χ2v) is 8.33. The van der Waals surface area contributed by atoms with Crippen LogP contribution in [0.4, 0.5) is 11.4 Å². The zero-order chi connectivity index (χ0) is 26.9. The van der Waals surface area contributed by atoms with E-state index in [1.807, 2.05) is 6.07 Å². The lowest BCUT2D eigenvalue weighted by Gasteiger charge is -2.14. The smallest absolute Gasteiger partial charge is 0.335 e. The van der Waals surface area contributed by atoms with Crippen LogP contribution in [0.15, 0.2) is 70.7 Å². The molecule has 3 rings (SSSR count). The number of amides is 1. The van der Waals surface area contributed by atoms with E-state index in [1.165, 1.54) is 42.5 Å². The minimum absolute atomic E-state index is 0.00583. The number of aromatic carboxylic acids is 1. The summed E-state index contributed by atoms with van der Waals surface area (Å²) in [5, 5.41) is 32.0. The fraction of sp³-hybridized carbons (Fsp3) is 0.115. The molecule has 3 aromatic rings. The molecule has 10 nitrogen and oxygen atoms in total. The average molecular weight is 566 g/mol. The third kappa shape index (κ3) is 7.16. The Kier molecular flexibility index (Phi) is 8.96. The van der Waals surface area contributed by atoms with E-state index in [2.05, 4.69) is 21.2 Å². The molecule has 0 unspecified atom stereocenters. The summed E-state index contributed by atoms with van der Waals surface area (Å²) in [6.07, 6.45) is 1.36. The van der Waals surface area contributed by atoms with Crippen molar-refractivity contribution in [3.05, 3.63) is 97.5 Å². The highest BCUT2D eigenvalue weighted by molar-refractivity contribution is 9.10. The molecule has 0 aliphatic heterocycles. The quantitative estimate of drug-likeness (QED) is 0.140. The first-order chi connectivity index (χ1) is 17.7. The average Bonchev–Trinajstić information content (AvgIpc) is 2.88. The van der Waals surface area contributed by atoms with Crippen molar-refractivity contribution >= 4 is 45.3 Å². The predicted molar refractivity (Wildman–Crippen MR) is 138 cm³/mol. The molecule has 0 fully saturated rings. The maximum atomic E-state index is 12.7. The van der Waals surface area contributed by atoms with Gasteiger partial charge in [0.1, 0.15) is 18.2 Å². The number of nitrogens with zero attached hydrogens (tertiary/aromatic N) is 2. The van der Waals surface area contributed by atoms with E-state index in [0.29, 0.717) is 33.7 Å². The van der Waals surface area contributed by atoms with Gasteiger partial charge in [-0.2, -0.15) is 5.26 Å². The summed E-state index contributed by atoms with van der Waals surface area (Å²) < 4.78 is 12.1. The number of ether oxygens (including phenoxy) is 2. The van der Waals surface area contributed by atoms with Gasteiger partial charge in [0.2, 0.25) is 0 Å². The molecular formula is C26H20BrN3O7. The molecule has 188 valence electrons. The van der Waals surface area contributed by atoms with Crippen LogP contribution in [0.5, 0.6) is 11.5 Å². The first-order valence-corrected chi connectivity index (χ1v) is 11.6. The number of nitro benzene ring substituents is 1. The molecule has 37 heavy (non-hydrogen) atoms. The molecule has 1 amide bonds. The second kappa shape index (κ2) is 12.3. The minimum Gasteiger partial charge on any atom is -0.490 e. The first kappa shape index (κ1) is 26.9. The molecule has 2 N–H and O–H groups in total. The fourth-order valence-corrected chi connectivity index (χ4v) is 3.59. The van der Waals surface area contributed by atoms with Gasteiger partial charge in [0.15, 0.2) is 11.5 Å². The number of benzene rings is 3. The lowest BCUT2D eigenvalue weighted by atomic mass is 10.1. The molecule has 3 aromatic carbocycles. The van der Waals surface area contributed by atoms with Crippen LogP contribution in [-0.2, 0) is 11.4 Å². The zero-order valence-electron chi connectivity index (χ0n) is 19.4. The predicted octanol–water partition coefficient (Wildman–Crippen LogP) is 5.58. The standard InChI is InChI=1S/C26H20BrN3O7/c1-2-36-23-12-18(10-19(14-28)25(31)29-20-5-3-4-17(11-20)26(32)33)22(27)13-24(23)37-15-16-6-8-21(9-7-16)30(34)35/h3-13H,2,15H2,1H3,(H,29,31)(H,32,33)/b19-10-. The highest BCUT2D eigenvalue weighted by Gasteiger charge is 2.15. The molecule has 0 radical (unpaired) electrons. The molecule has 0 saturated heterocycles. The second-order valence-electron chi connectivity index (χ2n) is 7.48. The third-order valence-electron chi connectivity index (χ3n) is 4.94. The van der Waals surface area contributed by atoms with Crippen LogP contribution in [0.2, 0.25) is 0 Å². The van der Waals surface area contributed by atoms with E-state index in [0.717, 1.165) is 0 Å². The Morgan fingerprint density at radius 2 is 1.84 bits per heavy atom. The van der Waals surface area contributed by atoms with Crippen LogP contribution in [0.25, 0.3) is 6.08 Å². The number of carbonyl (C=O) groups is 2. The summed E-state index contributed by atoms with van der Waals surface area (Å²) in [7, 11) is 0. The van der Waals surface area contributed by atoms with E-state index in [1.54, 1.807) is 31.2 Å². The largest absolute Gasteiger partial charge is 0.490 e. The van der Waals surface area contributed by atoms with E-state index >= 15 is 0 Å². The number of anilines is 1. The van der Waals surface area contributed by atoms with Crippen LogP contribution in [0, 0.1) is 21.4 Å². The molecule has 0 aliphatic carbocycles. The number of carboxylic acid groups (broad SMARTS) is 1. The van der Waals surface area contributed by atoms with Gasteiger partial charge in [0.25, 0.3) is 11.6 Å². The number of nitrogens with one attached hydrogen (secondary N) is 1. The van der Waals surface area contributed by atoms with Crippen molar-refractivity contribution in [3.8, 4) is 17.6 Å². The molecule has 0 aliphatic rings. The highest BCUT2D eigenvalue weighted by atomic mass is 79.9. The summed E-state index contributed by atoms with van der Waals surface area (Å²) in [4.78, 5) is 34.2. The maximum Gasteiger partial charge on any atom is 0.335 e. The van der Waals surface area contributed by atoms with E-state index < -0.39 is 16.8 Å². The van der Waals surface area contributed by atoms with Gasteiger partial charge in [-0.3, -0.25) is 14.9 Å². The van der Waals surface area contributed by atoms with Gasteiger partial charge >= 0.3 is 5.97 Å². The number of hydrogen-bond acceptors (Lipinski definition) is 7. The van der Waals surface area contributed by atoms with Gasteiger partial charge in [-0.15, -0.1) is 0 Å². The molecule has 0 spiro atoms. The van der Waals surface area contributed by atoms with Crippen molar-refractivity contribution in [2.75, 3.05) is 11.9 Å². The van der Waals surface area contributed by atoms with Gasteiger partial charge < -0.3 is 19.9 Å². The summed E-state index contributed by atoms with van der Waals surface area (Å²) in [5.41, 5.74) is 1.16. The topological polar surface area (TPSA) is 152 Å². The van der Waals surface area contributed by atoms with Crippen LogP contribution >= 0.6 is 15.9 Å². The van der Waals surface area contributed by atoms with Crippen molar-refractivity contribution < 1.29 is 29.1 Å². The van der Waals surface area contributed by atoms with Crippen molar-refractivity contribution in [1.82, 2.24) is 0 Å². The number of rotatable bonds is 10. The van der Waals surface area contributed by atoms with Crippen LogP contribution in [-0.4, -0.2) is 28.5 Å². The lowest BCUT2D eigenvalue weighted by molar-refractivity contribution is -0.384. The molecular weight excluding hydrogens is 546 g/mol. The Morgan fingerprint density at radius 3 is 2.46 bits per heavy atom. The monoisotopic (exact) mass is 565 g/mol. The van der Waals surface area contributed by atoms with Crippen molar-refractivity contribution in [2.45, 2.75) is 13.5 Å². The number of nitro groups is 1. The first-order valence-electron chi connectivity index (χ1n) is 10.8. The number of carbonyl (C=O) groups excluding carboxylic acids is 1. The van der Waals surface area contributed by atoms with Gasteiger partial charge in [-0.05, 0) is 66.6 Å². The third-order valence-corrected chi connectivity index (χ3v) is 5.62. The molecule has 0 bridgehead atoms. The molecule has 0 saturated carbocycles. The highest BCUT2D eigenvalue weighted by Crippen LogP contribution is 2.35. The lowest BCUT2D eigenvalue weighted by Crippen LogP contribution is -2.14. The van der Waals surface area contributed by atoms with E-state index in [-0.39, 0.29) is 29.1 Å². The Bertz CT molecular complexity index is 1410. The summed E-state index contributed by atoms with van der Waals surface area (Å²) >= 11 is 3.42. The summed E-state index contributed by atoms with van der Waals surface area (Å²) in [5.74, 6) is -1.10. The number of halogens is 1. The Hall–Kier alpha value is -4.69. The molecule has 0 atom stereocenters. The molecule has 11 heteroatoms. The van der Waals surface area contributed by atoms with E-state index in [4.69, 9.17) is 14.6 Å². The Morgan fingerprint density at radius 1 is 1.14 bits per heavy atom. The fourth-order valence-electron chi connectivity index (χ4n) is 3.15.